The second kappa shape index (κ2) is 6.00. The second-order valence-corrected chi connectivity index (χ2v) is 6.47. The molecule has 0 saturated carbocycles. The summed E-state index contributed by atoms with van der Waals surface area (Å²) in [6.07, 6.45) is 1.51. The van der Waals surface area contributed by atoms with Crippen LogP contribution < -0.4 is 5.56 Å². The average Bonchev–Trinajstić information content (AvgIpc) is 2.82. The highest BCUT2D eigenvalue weighted by atomic mass is 35.5. The van der Waals surface area contributed by atoms with E-state index in [0.29, 0.717) is 23.5 Å². The molecule has 0 unspecified atom stereocenters. The highest BCUT2D eigenvalue weighted by Crippen LogP contribution is 2.35. The van der Waals surface area contributed by atoms with Crippen molar-refractivity contribution >= 4 is 33.2 Å². The minimum absolute atomic E-state index is 0.0622. The lowest BCUT2D eigenvalue weighted by molar-refractivity contribution is 0.843. The molecule has 0 aliphatic heterocycles. The van der Waals surface area contributed by atoms with Gasteiger partial charge in [0, 0.05) is 22.7 Å². The molecule has 2 aromatic heterocycles. The van der Waals surface area contributed by atoms with Gasteiger partial charge in [0.15, 0.2) is 0 Å². The molecule has 0 spiro atoms. The molecule has 0 atom stereocenters. The zero-order valence-electron chi connectivity index (χ0n) is 11.6. The minimum atomic E-state index is -0.0622. The van der Waals surface area contributed by atoms with Gasteiger partial charge in [-0.15, -0.1) is 22.9 Å². The first-order chi connectivity index (χ1) is 10.2. The van der Waals surface area contributed by atoms with Gasteiger partial charge in [-0.25, -0.2) is 4.98 Å². The van der Waals surface area contributed by atoms with Crippen LogP contribution in [0.25, 0.3) is 21.3 Å². The van der Waals surface area contributed by atoms with Gasteiger partial charge < -0.3 is 4.98 Å². The Hall–Kier alpha value is -1.65. The van der Waals surface area contributed by atoms with Crippen LogP contribution in [0.3, 0.4) is 0 Å². The number of nitrogens with zero attached hydrogens (tertiary/aromatic N) is 1. The number of benzene rings is 1. The van der Waals surface area contributed by atoms with Crippen LogP contribution in [0.5, 0.6) is 0 Å². The Morgan fingerprint density at radius 2 is 2.05 bits per heavy atom. The summed E-state index contributed by atoms with van der Waals surface area (Å²) < 4.78 is 0. The largest absolute Gasteiger partial charge is 0.310 e. The van der Waals surface area contributed by atoms with Gasteiger partial charge in [-0.2, -0.15) is 0 Å². The monoisotopic (exact) mass is 318 g/mol. The van der Waals surface area contributed by atoms with Crippen molar-refractivity contribution in [2.24, 2.45) is 0 Å². The molecule has 1 aromatic carbocycles. The van der Waals surface area contributed by atoms with Gasteiger partial charge >= 0.3 is 0 Å². The molecule has 21 heavy (non-hydrogen) atoms. The Morgan fingerprint density at radius 1 is 1.29 bits per heavy atom. The van der Waals surface area contributed by atoms with E-state index in [-0.39, 0.29) is 5.56 Å². The zero-order chi connectivity index (χ0) is 14.8. The molecule has 0 saturated heterocycles. The van der Waals surface area contributed by atoms with Crippen molar-refractivity contribution < 1.29 is 0 Å². The molecule has 108 valence electrons. The third-order valence-corrected chi connectivity index (χ3v) is 4.66. The van der Waals surface area contributed by atoms with E-state index >= 15 is 0 Å². The van der Waals surface area contributed by atoms with Gasteiger partial charge in [-0.1, -0.05) is 30.3 Å². The first-order valence-electron chi connectivity index (χ1n) is 6.84. The number of aromatic nitrogens is 2. The summed E-state index contributed by atoms with van der Waals surface area (Å²) in [4.78, 5) is 21.8. The van der Waals surface area contributed by atoms with Gasteiger partial charge in [-0.05, 0) is 18.9 Å². The van der Waals surface area contributed by atoms with Gasteiger partial charge in [-0.3, -0.25) is 4.79 Å². The maximum Gasteiger partial charge on any atom is 0.260 e. The Bertz CT molecular complexity index is 823. The molecule has 0 bridgehead atoms. The summed E-state index contributed by atoms with van der Waals surface area (Å²) in [5.41, 5.74) is 1.99. The van der Waals surface area contributed by atoms with E-state index in [1.165, 1.54) is 0 Å². The molecule has 2 heterocycles. The van der Waals surface area contributed by atoms with E-state index in [2.05, 4.69) is 9.97 Å². The lowest BCUT2D eigenvalue weighted by Crippen LogP contribution is -2.11. The predicted molar refractivity (Wildman–Crippen MR) is 89.5 cm³/mol. The second-order valence-electron chi connectivity index (χ2n) is 4.88. The van der Waals surface area contributed by atoms with Crippen LogP contribution >= 0.6 is 22.9 Å². The molecule has 0 radical (unpaired) electrons. The third kappa shape index (κ3) is 2.74. The fourth-order valence-corrected chi connectivity index (χ4v) is 3.67. The number of nitrogens with one attached hydrogen (secondary N) is 1. The summed E-state index contributed by atoms with van der Waals surface area (Å²) in [6, 6.07) is 9.98. The number of hydrogen-bond donors (Lipinski definition) is 1. The number of halogens is 1. The molecule has 0 fully saturated rings. The molecular formula is C16H15ClN2OS. The van der Waals surface area contributed by atoms with Crippen LogP contribution in [0, 0.1) is 6.92 Å². The van der Waals surface area contributed by atoms with E-state index in [9.17, 15) is 4.79 Å². The molecule has 0 aliphatic rings. The van der Waals surface area contributed by atoms with Crippen LogP contribution in [0.1, 0.15) is 17.1 Å². The van der Waals surface area contributed by atoms with Gasteiger partial charge in [0.2, 0.25) is 0 Å². The van der Waals surface area contributed by atoms with E-state index < -0.39 is 0 Å². The van der Waals surface area contributed by atoms with Crippen molar-refractivity contribution in [2.45, 2.75) is 19.8 Å². The lowest BCUT2D eigenvalue weighted by Gasteiger charge is -2.02. The SMILES string of the molecule is Cc1sc2nc(CCCCl)[nH]c(=O)c2c1-c1ccccc1. The molecule has 3 nitrogen and oxygen atoms in total. The zero-order valence-corrected chi connectivity index (χ0v) is 13.2. The predicted octanol–water partition coefficient (Wildman–Crippen LogP) is 4.13. The number of aryl methyl sites for hydroxylation is 2. The number of fused-ring (bicyclic) bond motifs is 1. The van der Waals surface area contributed by atoms with Gasteiger partial charge in [0.25, 0.3) is 5.56 Å². The standard InChI is InChI=1S/C16H15ClN2OS/c1-10-13(11-6-3-2-4-7-11)14-15(20)18-12(8-5-9-17)19-16(14)21-10/h2-4,6-7H,5,8-9H2,1H3,(H,18,19,20). The minimum Gasteiger partial charge on any atom is -0.310 e. The number of H-pyrrole nitrogens is 1. The molecular weight excluding hydrogens is 304 g/mol. The summed E-state index contributed by atoms with van der Waals surface area (Å²) in [6.45, 7) is 2.03. The van der Waals surface area contributed by atoms with Crippen LogP contribution in [0.15, 0.2) is 35.1 Å². The van der Waals surface area contributed by atoms with Gasteiger partial charge in [0.1, 0.15) is 10.7 Å². The maximum absolute atomic E-state index is 12.4. The Labute approximate surface area is 131 Å². The van der Waals surface area contributed by atoms with Crippen molar-refractivity contribution in [3.63, 3.8) is 0 Å². The molecule has 3 rings (SSSR count). The third-order valence-electron chi connectivity index (χ3n) is 3.40. The molecule has 3 aromatic rings. The van der Waals surface area contributed by atoms with E-state index in [1.54, 1.807) is 11.3 Å². The summed E-state index contributed by atoms with van der Waals surface area (Å²) in [5.74, 6) is 1.29. The van der Waals surface area contributed by atoms with Crippen LogP contribution in [0.2, 0.25) is 0 Å². The molecule has 5 heteroatoms. The number of aromatic amines is 1. The van der Waals surface area contributed by atoms with E-state index in [1.807, 2.05) is 37.3 Å². The van der Waals surface area contributed by atoms with Crippen LogP contribution in [-0.2, 0) is 6.42 Å². The maximum atomic E-state index is 12.4. The van der Waals surface area contributed by atoms with Crippen molar-refractivity contribution in [2.75, 3.05) is 5.88 Å². The number of hydrogen-bond acceptors (Lipinski definition) is 3. The lowest BCUT2D eigenvalue weighted by atomic mass is 10.0. The fourth-order valence-electron chi connectivity index (χ4n) is 2.47. The van der Waals surface area contributed by atoms with Crippen molar-refractivity contribution in [1.29, 1.82) is 0 Å². The normalized spacial score (nSPS) is 11.1. The summed E-state index contributed by atoms with van der Waals surface area (Å²) in [7, 11) is 0. The first-order valence-corrected chi connectivity index (χ1v) is 8.19. The fraction of sp³-hybridized carbons (Fsp3) is 0.250. The Morgan fingerprint density at radius 3 is 2.76 bits per heavy atom. The van der Waals surface area contributed by atoms with Crippen molar-refractivity contribution in [3.8, 4) is 11.1 Å². The Balaban J connectivity index is 2.19. The quantitative estimate of drug-likeness (QED) is 0.735. The average molecular weight is 319 g/mol. The van der Waals surface area contributed by atoms with Gasteiger partial charge in [0.05, 0.1) is 5.39 Å². The topological polar surface area (TPSA) is 45.8 Å². The highest BCUT2D eigenvalue weighted by molar-refractivity contribution is 7.19. The van der Waals surface area contributed by atoms with E-state index in [0.717, 1.165) is 27.3 Å². The van der Waals surface area contributed by atoms with Crippen molar-refractivity contribution in [1.82, 2.24) is 9.97 Å². The molecule has 0 aliphatic carbocycles. The highest BCUT2D eigenvalue weighted by Gasteiger charge is 2.16. The number of thiophene rings is 1. The van der Waals surface area contributed by atoms with Crippen molar-refractivity contribution in [3.05, 3.63) is 51.4 Å². The van der Waals surface area contributed by atoms with Crippen LogP contribution in [-0.4, -0.2) is 15.8 Å². The number of alkyl halides is 1. The number of rotatable bonds is 4. The first kappa shape index (κ1) is 14.3. The molecule has 0 amide bonds. The van der Waals surface area contributed by atoms with Crippen LogP contribution in [0.4, 0.5) is 0 Å². The Kier molecular flexibility index (Phi) is 4.08. The summed E-state index contributed by atoms with van der Waals surface area (Å²) >= 11 is 7.27. The summed E-state index contributed by atoms with van der Waals surface area (Å²) in [5, 5.41) is 0.693. The molecule has 1 N–H and O–H groups in total. The smallest absolute Gasteiger partial charge is 0.260 e. The van der Waals surface area contributed by atoms with E-state index in [4.69, 9.17) is 11.6 Å².